The number of carbonyl (C=O) groups is 1. The Morgan fingerprint density at radius 3 is 2.92 bits per heavy atom. The van der Waals surface area contributed by atoms with Crippen molar-refractivity contribution in [2.75, 3.05) is 26.4 Å². The van der Waals surface area contributed by atoms with E-state index in [1.54, 1.807) is 17.4 Å². The summed E-state index contributed by atoms with van der Waals surface area (Å²) in [6, 6.07) is 9.26. The zero-order valence-corrected chi connectivity index (χ0v) is 17.1. The van der Waals surface area contributed by atoms with Gasteiger partial charge in [-0.3, -0.25) is 4.79 Å². The first kappa shape index (κ1) is 18.2. The largest absolute Gasteiger partial charge is 0.376 e. The minimum atomic E-state index is -0.423. The van der Waals surface area contributed by atoms with E-state index < -0.39 is 5.54 Å². The van der Waals surface area contributed by atoms with E-state index in [2.05, 4.69) is 22.5 Å². The number of hydrogen-bond donors (Lipinski definition) is 0. The van der Waals surface area contributed by atoms with Gasteiger partial charge in [-0.05, 0) is 39.7 Å². The molecule has 1 spiro atoms. The molecule has 0 aliphatic carbocycles. The second-order valence-electron chi connectivity index (χ2n) is 6.39. The van der Waals surface area contributed by atoms with Crippen LogP contribution in [-0.4, -0.2) is 37.2 Å². The van der Waals surface area contributed by atoms with Crippen LogP contribution in [0.2, 0.25) is 5.02 Å². The Hall–Kier alpha value is -1.18. The molecule has 0 radical (unpaired) electrons. The molecule has 1 fully saturated rings. The molecule has 0 bridgehead atoms. The van der Waals surface area contributed by atoms with Crippen LogP contribution in [-0.2, 0) is 15.0 Å². The summed E-state index contributed by atoms with van der Waals surface area (Å²) in [6.07, 6.45) is 1.71. The molecule has 0 saturated carbocycles. The molecule has 1 saturated heterocycles. The van der Waals surface area contributed by atoms with Crippen LogP contribution in [0.3, 0.4) is 0 Å². The number of nitrogens with zero attached hydrogens (tertiary/aromatic N) is 1. The number of thiophene rings is 1. The van der Waals surface area contributed by atoms with E-state index in [9.17, 15) is 4.79 Å². The van der Waals surface area contributed by atoms with E-state index in [1.807, 2.05) is 35.2 Å². The highest BCUT2D eigenvalue weighted by atomic mass is 79.9. The highest BCUT2D eigenvalue weighted by Crippen LogP contribution is 2.52. The molecule has 26 heavy (non-hydrogen) atoms. The average Bonchev–Trinajstić information content (AvgIpc) is 3.06. The van der Waals surface area contributed by atoms with Gasteiger partial charge in [0.05, 0.1) is 41.8 Å². The molecule has 2 aliphatic rings. The normalized spacial score (nSPS) is 18.7. The molecule has 1 aromatic heterocycles. The Morgan fingerprint density at radius 2 is 2.27 bits per heavy atom. The van der Waals surface area contributed by atoms with Gasteiger partial charge < -0.3 is 14.4 Å². The lowest BCUT2D eigenvalue weighted by Gasteiger charge is -2.48. The number of benzene rings is 1. The number of carbonyl (C=O) groups excluding carboxylic acids is 1. The summed E-state index contributed by atoms with van der Waals surface area (Å²) in [5.41, 5.74) is 1.28. The van der Waals surface area contributed by atoms with Gasteiger partial charge in [0.1, 0.15) is 5.54 Å². The van der Waals surface area contributed by atoms with Crippen LogP contribution in [0.4, 0.5) is 0 Å². The van der Waals surface area contributed by atoms with Crippen LogP contribution >= 0.6 is 38.9 Å². The molecule has 3 heterocycles. The van der Waals surface area contributed by atoms with Gasteiger partial charge in [0.2, 0.25) is 0 Å². The van der Waals surface area contributed by atoms with Gasteiger partial charge >= 0.3 is 0 Å². The van der Waals surface area contributed by atoms with Crippen LogP contribution in [0.1, 0.15) is 26.8 Å². The lowest BCUT2D eigenvalue weighted by molar-refractivity contribution is -0.141. The second-order valence-corrected chi connectivity index (χ2v) is 9.26. The Kier molecular flexibility index (Phi) is 4.96. The summed E-state index contributed by atoms with van der Waals surface area (Å²) < 4.78 is 12.3. The van der Waals surface area contributed by atoms with E-state index in [1.165, 1.54) is 0 Å². The Balaban J connectivity index is 1.76. The SMILES string of the molecule is C=CCOC[C@H](c1cccc(Cl)c1)N1C(=O)c2cc(Br)sc2C12COC2. The summed E-state index contributed by atoms with van der Waals surface area (Å²) in [5.74, 6) is 0.0115. The number of hydrogen-bond acceptors (Lipinski definition) is 4. The van der Waals surface area contributed by atoms with Gasteiger partial charge in [0.15, 0.2) is 0 Å². The van der Waals surface area contributed by atoms with Crippen molar-refractivity contribution >= 4 is 44.8 Å². The first-order valence-corrected chi connectivity index (χ1v) is 10.2. The predicted molar refractivity (Wildman–Crippen MR) is 106 cm³/mol. The number of halogens is 2. The molecule has 0 N–H and O–H groups in total. The van der Waals surface area contributed by atoms with Gasteiger partial charge in [-0.25, -0.2) is 0 Å². The van der Waals surface area contributed by atoms with Crippen molar-refractivity contribution in [2.45, 2.75) is 11.6 Å². The lowest BCUT2D eigenvalue weighted by Crippen LogP contribution is -2.58. The minimum absolute atomic E-state index is 0.0115. The first-order valence-electron chi connectivity index (χ1n) is 8.22. The highest BCUT2D eigenvalue weighted by Gasteiger charge is 2.58. The third kappa shape index (κ3) is 2.84. The molecule has 136 valence electrons. The summed E-state index contributed by atoms with van der Waals surface area (Å²) in [4.78, 5) is 16.3. The second kappa shape index (κ2) is 7.09. The van der Waals surface area contributed by atoms with Gasteiger partial charge in [-0.1, -0.05) is 29.8 Å². The number of amides is 1. The summed E-state index contributed by atoms with van der Waals surface area (Å²) in [6.45, 7) is 5.49. The topological polar surface area (TPSA) is 38.8 Å². The fraction of sp³-hybridized carbons (Fsp3) is 0.316. The molecular weight excluding hydrogens is 438 g/mol. The molecule has 2 aromatic rings. The molecule has 1 aromatic carbocycles. The van der Waals surface area contributed by atoms with Crippen LogP contribution in [0.5, 0.6) is 0 Å². The molecule has 7 heteroatoms. The molecule has 4 nitrogen and oxygen atoms in total. The molecular formula is C19H17BrClNO3S. The monoisotopic (exact) mass is 453 g/mol. The van der Waals surface area contributed by atoms with Gasteiger partial charge in [-0.2, -0.15) is 0 Å². The van der Waals surface area contributed by atoms with Crippen molar-refractivity contribution in [3.05, 3.63) is 67.8 Å². The van der Waals surface area contributed by atoms with Crippen LogP contribution in [0, 0.1) is 0 Å². The maximum Gasteiger partial charge on any atom is 0.256 e. The Morgan fingerprint density at radius 1 is 1.46 bits per heavy atom. The van der Waals surface area contributed by atoms with Crippen molar-refractivity contribution in [2.24, 2.45) is 0 Å². The average molecular weight is 455 g/mol. The zero-order valence-electron chi connectivity index (χ0n) is 13.9. The molecule has 1 atom stereocenters. The van der Waals surface area contributed by atoms with Crippen molar-refractivity contribution < 1.29 is 14.3 Å². The lowest BCUT2D eigenvalue weighted by atomic mass is 9.92. The summed E-state index contributed by atoms with van der Waals surface area (Å²) in [7, 11) is 0. The van der Waals surface area contributed by atoms with Crippen molar-refractivity contribution in [3.63, 3.8) is 0 Å². The Labute approximate surface area is 169 Å². The number of rotatable bonds is 6. The third-order valence-corrected chi connectivity index (χ3v) is 6.84. The van der Waals surface area contributed by atoms with E-state index in [-0.39, 0.29) is 11.9 Å². The Bertz CT molecular complexity index is 864. The van der Waals surface area contributed by atoms with E-state index in [0.717, 1.165) is 19.8 Å². The van der Waals surface area contributed by atoms with E-state index in [0.29, 0.717) is 31.5 Å². The van der Waals surface area contributed by atoms with Crippen LogP contribution < -0.4 is 0 Å². The fourth-order valence-electron chi connectivity index (χ4n) is 3.60. The first-order chi connectivity index (χ1) is 12.6. The third-order valence-electron chi connectivity index (χ3n) is 4.77. The highest BCUT2D eigenvalue weighted by molar-refractivity contribution is 9.11. The quantitative estimate of drug-likeness (QED) is 0.465. The van der Waals surface area contributed by atoms with Gasteiger partial charge in [0, 0.05) is 9.90 Å². The summed E-state index contributed by atoms with van der Waals surface area (Å²) in [5, 5.41) is 0.638. The van der Waals surface area contributed by atoms with Gasteiger partial charge in [0.25, 0.3) is 5.91 Å². The maximum atomic E-state index is 13.3. The molecule has 2 aliphatic heterocycles. The van der Waals surface area contributed by atoms with Crippen molar-refractivity contribution in [1.29, 1.82) is 0 Å². The number of fused-ring (bicyclic) bond motifs is 2. The smallest absolute Gasteiger partial charge is 0.256 e. The minimum Gasteiger partial charge on any atom is -0.376 e. The van der Waals surface area contributed by atoms with E-state index >= 15 is 0 Å². The van der Waals surface area contributed by atoms with Gasteiger partial charge in [-0.15, -0.1) is 17.9 Å². The molecule has 0 unspecified atom stereocenters. The fourth-order valence-corrected chi connectivity index (χ4v) is 5.55. The van der Waals surface area contributed by atoms with Crippen LogP contribution in [0.15, 0.2) is 46.8 Å². The predicted octanol–water partition coefficient (Wildman–Crippen LogP) is 4.79. The number of ether oxygens (including phenoxy) is 2. The molecule has 1 amide bonds. The standard InChI is InChI=1S/C19H17BrClNO3S/c1-2-6-24-9-15(12-4-3-5-13(21)7-12)22-18(23)14-8-16(20)26-17(14)19(22)10-25-11-19/h2-5,7-8,15H,1,6,9-11H2/t15-/m1/s1. The maximum absolute atomic E-state index is 13.3. The van der Waals surface area contributed by atoms with Crippen molar-refractivity contribution in [1.82, 2.24) is 4.90 Å². The summed E-state index contributed by atoms with van der Waals surface area (Å²) >= 11 is 11.3. The van der Waals surface area contributed by atoms with Crippen molar-refractivity contribution in [3.8, 4) is 0 Å². The zero-order chi connectivity index (χ0) is 18.3. The van der Waals surface area contributed by atoms with E-state index in [4.69, 9.17) is 21.1 Å². The van der Waals surface area contributed by atoms with Crippen LogP contribution in [0.25, 0.3) is 0 Å². The molecule has 4 rings (SSSR count).